The molecule has 0 aliphatic carbocycles. The number of amides is 2. The monoisotopic (exact) mass is 390 g/mol. The number of hydrogen-bond donors (Lipinski definition) is 2. The summed E-state index contributed by atoms with van der Waals surface area (Å²) >= 11 is 0. The van der Waals surface area contributed by atoms with Crippen molar-refractivity contribution in [2.24, 2.45) is 0 Å². The molecule has 3 rings (SSSR count). The van der Waals surface area contributed by atoms with E-state index in [1.54, 1.807) is 32.2 Å². The Morgan fingerprint density at radius 3 is 2.82 bits per heavy atom. The zero-order chi connectivity index (χ0) is 20.1. The molecule has 2 heterocycles. The molecular formula is C20H26N2O6. The molecule has 2 N–H and O–H groups in total. The van der Waals surface area contributed by atoms with Crippen LogP contribution in [0.2, 0.25) is 0 Å². The number of esters is 1. The van der Waals surface area contributed by atoms with Crippen molar-refractivity contribution in [3.8, 4) is 11.5 Å². The highest BCUT2D eigenvalue weighted by molar-refractivity contribution is 5.95. The third-order valence-corrected chi connectivity index (χ3v) is 4.73. The Bertz CT molecular complexity index is 770. The second kappa shape index (κ2) is 8.97. The van der Waals surface area contributed by atoms with Crippen molar-refractivity contribution in [3.05, 3.63) is 35.0 Å². The molecule has 1 aromatic carbocycles. The molecule has 2 aliphatic rings. The van der Waals surface area contributed by atoms with Crippen molar-refractivity contribution in [2.75, 3.05) is 26.9 Å². The number of carbonyl (C=O) groups is 2. The number of methoxy groups -OCH3 is 1. The van der Waals surface area contributed by atoms with Crippen LogP contribution < -0.4 is 20.1 Å². The smallest absolute Gasteiger partial charge is 0.338 e. The molecule has 0 aromatic heterocycles. The summed E-state index contributed by atoms with van der Waals surface area (Å²) in [6, 6.07) is 4.27. The first kappa shape index (κ1) is 20.0. The first-order valence-electron chi connectivity index (χ1n) is 9.41. The van der Waals surface area contributed by atoms with E-state index in [2.05, 4.69) is 10.6 Å². The van der Waals surface area contributed by atoms with E-state index < -0.39 is 12.0 Å². The van der Waals surface area contributed by atoms with Gasteiger partial charge in [-0.3, -0.25) is 0 Å². The molecule has 0 spiro atoms. The number of carbonyl (C=O) groups excluding carboxylic acids is 2. The molecule has 0 unspecified atom stereocenters. The predicted octanol–water partition coefficient (Wildman–Crippen LogP) is 2.44. The summed E-state index contributed by atoms with van der Waals surface area (Å²) in [4.78, 5) is 24.8. The van der Waals surface area contributed by atoms with Crippen molar-refractivity contribution in [1.29, 1.82) is 0 Å². The van der Waals surface area contributed by atoms with Crippen molar-refractivity contribution in [2.45, 2.75) is 38.8 Å². The summed E-state index contributed by atoms with van der Waals surface area (Å²) in [6.45, 7) is 4.95. The Morgan fingerprint density at radius 2 is 2.14 bits per heavy atom. The molecule has 0 bridgehead atoms. The number of rotatable bonds is 7. The summed E-state index contributed by atoms with van der Waals surface area (Å²) in [5.74, 6) is 0.632. The van der Waals surface area contributed by atoms with Crippen LogP contribution >= 0.6 is 0 Å². The van der Waals surface area contributed by atoms with E-state index in [9.17, 15) is 9.59 Å². The van der Waals surface area contributed by atoms with Gasteiger partial charge in [-0.15, -0.1) is 0 Å². The van der Waals surface area contributed by atoms with Gasteiger partial charge in [-0.2, -0.15) is 0 Å². The largest absolute Gasteiger partial charge is 0.493 e. The van der Waals surface area contributed by atoms with Crippen LogP contribution in [0.1, 0.15) is 38.3 Å². The molecule has 2 aliphatic heterocycles. The number of ether oxygens (including phenoxy) is 4. The maximum atomic E-state index is 12.8. The fourth-order valence-corrected chi connectivity index (χ4v) is 3.38. The third-order valence-electron chi connectivity index (χ3n) is 4.73. The molecule has 28 heavy (non-hydrogen) atoms. The average Bonchev–Trinajstić information content (AvgIpc) is 3.19. The predicted molar refractivity (Wildman–Crippen MR) is 101 cm³/mol. The first-order chi connectivity index (χ1) is 13.5. The van der Waals surface area contributed by atoms with Crippen LogP contribution in [-0.2, 0) is 14.3 Å². The van der Waals surface area contributed by atoms with Crippen molar-refractivity contribution in [3.63, 3.8) is 0 Å². The van der Waals surface area contributed by atoms with Gasteiger partial charge in [0.05, 0.1) is 31.4 Å². The zero-order valence-corrected chi connectivity index (χ0v) is 16.4. The fourth-order valence-electron chi connectivity index (χ4n) is 3.38. The summed E-state index contributed by atoms with van der Waals surface area (Å²) < 4.78 is 21.9. The average molecular weight is 390 g/mol. The molecule has 1 fully saturated rings. The van der Waals surface area contributed by atoms with Gasteiger partial charge < -0.3 is 29.6 Å². The van der Waals surface area contributed by atoms with Gasteiger partial charge in [0.2, 0.25) is 0 Å². The Kier molecular flexibility index (Phi) is 6.41. The van der Waals surface area contributed by atoms with Crippen LogP contribution in [0.4, 0.5) is 4.79 Å². The molecule has 152 valence electrons. The highest BCUT2D eigenvalue weighted by atomic mass is 16.6. The topological polar surface area (TPSA) is 95.1 Å². The van der Waals surface area contributed by atoms with E-state index in [1.165, 1.54) is 0 Å². The minimum Gasteiger partial charge on any atom is -0.493 e. The van der Waals surface area contributed by atoms with Gasteiger partial charge in [0.25, 0.3) is 0 Å². The molecule has 2 atom stereocenters. The summed E-state index contributed by atoms with van der Waals surface area (Å²) in [5.41, 5.74) is 1.50. The van der Waals surface area contributed by atoms with Gasteiger partial charge in [0.15, 0.2) is 11.5 Å². The zero-order valence-electron chi connectivity index (χ0n) is 16.4. The van der Waals surface area contributed by atoms with Crippen molar-refractivity contribution >= 4 is 12.0 Å². The molecule has 8 heteroatoms. The molecule has 1 aromatic rings. The van der Waals surface area contributed by atoms with Crippen LogP contribution in [0.25, 0.3) is 0 Å². The van der Waals surface area contributed by atoms with Gasteiger partial charge >= 0.3 is 12.0 Å². The lowest BCUT2D eigenvalue weighted by atomic mass is 9.95. The number of allylic oxidation sites excluding steroid dienone is 1. The van der Waals surface area contributed by atoms with Gasteiger partial charge in [0, 0.05) is 12.3 Å². The van der Waals surface area contributed by atoms with E-state index >= 15 is 0 Å². The van der Waals surface area contributed by atoms with Crippen LogP contribution in [0.5, 0.6) is 11.5 Å². The number of benzene rings is 1. The molecule has 0 saturated carbocycles. The van der Waals surface area contributed by atoms with Gasteiger partial charge in [0.1, 0.15) is 6.61 Å². The Hall–Kier alpha value is -2.74. The number of urea groups is 1. The Labute approximate surface area is 164 Å². The number of nitrogens with one attached hydrogen (secondary N) is 2. The standard InChI is InChI=1S/C20H26N2O6/c1-4-26-15-8-7-13(10-16(15)25-3)18-17(12(2)21-20(24)22-18)19(23)28-11-14-6-5-9-27-14/h7-8,10,14,18H,4-6,9,11H2,1-3H3,(H2,21,22,24)/t14-,18-/m0/s1. The van der Waals surface area contributed by atoms with E-state index in [1.807, 2.05) is 6.92 Å². The lowest BCUT2D eigenvalue weighted by Gasteiger charge is -2.28. The SMILES string of the molecule is CCOc1ccc([C@@H]2NC(=O)NC(C)=C2C(=O)OC[C@@H]2CCCO2)cc1OC. The highest BCUT2D eigenvalue weighted by Gasteiger charge is 2.33. The summed E-state index contributed by atoms with van der Waals surface area (Å²) in [6.07, 6.45) is 1.77. The van der Waals surface area contributed by atoms with Crippen LogP contribution in [0, 0.1) is 0 Å². The van der Waals surface area contributed by atoms with Crippen LogP contribution in [0.3, 0.4) is 0 Å². The van der Waals surface area contributed by atoms with Crippen molar-refractivity contribution in [1.82, 2.24) is 10.6 Å². The van der Waals surface area contributed by atoms with Gasteiger partial charge in [-0.25, -0.2) is 9.59 Å². The lowest BCUT2D eigenvalue weighted by Crippen LogP contribution is -2.45. The Morgan fingerprint density at radius 1 is 1.32 bits per heavy atom. The van der Waals surface area contributed by atoms with E-state index in [-0.39, 0.29) is 18.7 Å². The molecule has 8 nitrogen and oxygen atoms in total. The maximum absolute atomic E-state index is 12.8. The van der Waals surface area contributed by atoms with Crippen LogP contribution in [-0.4, -0.2) is 45.0 Å². The van der Waals surface area contributed by atoms with Crippen LogP contribution in [0.15, 0.2) is 29.5 Å². The minimum absolute atomic E-state index is 0.0694. The normalized spacial score (nSPS) is 21.8. The molecule has 0 radical (unpaired) electrons. The third kappa shape index (κ3) is 4.39. The summed E-state index contributed by atoms with van der Waals surface area (Å²) in [5, 5.41) is 5.43. The van der Waals surface area contributed by atoms with Crippen molar-refractivity contribution < 1.29 is 28.5 Å². The van der Waals surface area contributed by atoms with Gasteiger partial charge in [-0.1, -0.05) is 6.07 Å². The minimum atomic E-state index is -0.657. The maximum Gasteiger partial charge on any atom is 0.338 e. The van der Waals surface area contributed by atoms with E-state index in [4.69, 9.17) is 18.9 Å². The first-order valence-corrected chi connectivity index (χ1v) is 9.41. The lowest BCUT2D eigenvalue weighted by molar-refractivity contribution is -0.142. The Balaban J connectivity index is 1.85. The highest BCUT2D eigenvalue weighted by Crippen LogP contribution is 2.34. The number of hydrogen-bond acceptors (Lipinski definition) is 6. The second-order valence-electron chi connectivity index (χ2n) is 6.65. The second-order valence-corrected chi connectivity index (χ2v) is 6.65. The van der Waals surface area contributed by atoms with Gasteiger partial charge in [-0.05, 0) is 44.4 Å². The molecule has 1 saturated heterocycles. The van der Waals surface area contributed by atoms with E-state index in [0.717, 1.165) is 12.8 Å². The molecule has 2 amide bonds. The summed E-state index contributed by atoms with van der Waals surface area (Å²) in [7, 11) is 1.54. The quantitative estimate of drug-likeness (QED) is 0.695. The molecular weight excluding hydrogens is 364 g/mol. The fraction of sp³-hybridized carbons (Fsp3) is 0.500. The van der Waals surface area contributed by atoms with E-state index in [0.29, 0.717) is 41.5 Å².